The topological polar surface area (TPSA) is 58.6 Å². The zero-order valence-corrected chi connectivity index (χ0v) is 14.1. The Balaban J connectivity index is 1.31. The Bertz CT molecular complexity index is 515. The van der Waals surface area contributed by atoms with Crippen LogP contribution in [0.25, 0.3) is 0 Å². The van der Waals surface area contributed by atoms with Crippen LogP contribution in [-0.4, -0.2) is 55.9 Å². The van der Waals surface area contributed by atoms with Gasteiger partial charge in [-0.1, -0.05) is 6.42 Å². The lowest BCUT2D eigenvalue weighted by Gasteiger charge is -2.41. The summed E-state index contributed by atoms with van der Waals surface area (Å²) in [6, 6.07) is 0.789. The molecule has 22 heavy (non-hydrogen) atoms. The molecule has 1 N–H and O–H groups in total. The second kappa shape index (κ2) is 5.72. The molecule has 2 aliphatic carbocycles. The van der Waals surface area contributed by atoms with Crippen LogP contribution in [0.4, 0.5) is 0 Å². The molecule has 0 amide bonds. The maximum atomic E-state index is 12.0. The summed E-state index contributed by atoms with van der Waals surface area (Å²) in [5.41, 5.74) is 0.00350. The van der Waals surface area contributed by atoms with Crippen molar-refractivity contribution in [3.05, 3.63) is 0 Å². The van der Waals surface area contributed by atoms with Gasteiger partial charge in [-0.2, -0.15) is 0 Å². The molecule has 0 aromatic rings. The largest absolute Gasteiger partial charge is 0.369 e. The van der Waals surface area contributed by atoms with Gasteiger partial charge < -0.3 is 4.74 Å². The van der Waals surface area contributed by atoms with Crippen LogP contribution in [-0.2, 0) is 14.8 Å². The highest BCUT2D eigenvalue weighted by Crippen LogP contribution is 2.39. The third-order valence-corrected chi connectivity index (χ3v) is 7.91. The fourth-order valence-electron chi connectivity index (χ4n) is 4.21. The predicted molar refractivity (Wildman–Crippen MR) is 85.2 cm³/mol. The second-order valence-electron chi connectivity index (χ2n) is 7.71. The van der Waals surface area contributed by atoms with E-state index < -0.39 is 10.0 Å². The van der Waals surface area contributed by atoms with Crippen molar-refractivity contribution in [2.75, 3.05) is 19.6 Å². The minimum atomic E-state index is -3.08. The molecule has 2 atom stereocenters. The molecule has 2 heterocycles. The number of rotatable bonds is 5. The molecule has 0 unspecified atom stereocenters. The highest BCUT2D eigenvalue weighted by molar-refractivity contribution is 7.90. The molecule has 0 aromatic heterocycles. The van der Waals surface area contributed by atoms with Crippen LogP contribution in [0.5, 0.6) is 0 Å². The molecule has 5 nitrogen and oxygen atoms in total. The maximum absolute atomic E-state index is 12.0. The van der Waals surface area contributed by atoms with Gasteiger partial charge in [0.15, 0.2) is 0 Å². The molecule has 0 radical (unpaired) electrons. The SMILES string of the molecule is O=S(=O)(NC[C@@H]1CCC[C@@]2(CCN(C3CCC3)C2)O1)C1CC1. The lowest BCUT2D eigenvalue weighted by molar-refractivity contribution is -0.120. The van der Waals surface area contributed by atoms with E-state index in [4.69, 9.17) is 4.74 Å². The third kappa shape index (κ3) is 3.07. The lowest BCUT2D eigenvalue weighted by atomic mass is 9.89. The first-order valence-corrected chi connectivity index (χ1v) is 10.5. The Kier molecular flexibility index (Phi) is 4.00. The Morgan fingerprint density at radius 2 is 1.91 bits per heavy atom. The minimum Gasteiger partial charge on any atom is -0.369 e. The maximum Gasteiger partial charge on any atom is 0.214 e. The lowest BCUT2D eigenvalue weighted by Crippen LogP contribution is -2.48. The Morgan fingerprint density at radius 3 is 2.59 bits per heavy atom. The van der Waals surface area contributed by atoms with Crippen LogP contribution in [0.2, 0.25) is 0 Å². The van der Waals surface area contributed by atoms with Crippen molar-refractivity contribution in [3.63, 3.8) is 0 Å². The Morgan fingerprint density at radius 1 is 1.09 bits per heavy atom. The van der Waals surface area contributed by atoms with E-state index in [1.807, 2.05) is 0 Å². The first-order chi connectivity index (χ1) is 10.6. The molecule has 2 saturated carbocycles. The van der Waals surface area contributed by atoms with E-state index in [1.165, 1.54) is 19.3 Å². The van der Waals surface area contributed by atoms with Gasteiger partial charge in [0.25, 0.3) is 0 Å². The van der Waals surface area contributed by atoms with E-state index in [-0.39, 0.29) is 17.0 Å². The molecule has 1 spiro atoms. The molecule has 4 fully saturated rings. The van der Waals surface area contributed by atoms with Crippen molar-refractivity contribution >= 4 is 10.0 Å². The molecule has 0 aromatic carbocycles. The highest BCUT2D eigenvalue weighted by atomic mass is 32.2. The Labute approximate surface area is 133 Å². The van der Waals surface area contributed by atoms with Crippen molar-refractivity contribution in [1.29, 1.82) is 0 Å². The number of sulfonamides is 1. The summed E-state index contributed by atoms with van der Waals surface area (Å²) in [4.78, 5) is 2.61. The van der Waals surface area contributed by atoms with E-state index in [0.29, 0.717) is 6.54 Å². The van der Waals surface area contributed by atoms with Gasteiger partial charge in [-0.25, -0.2) is 13.1 Å². The summed E-state index contributed by atoms with van der Waals surface area (Å²) >= 11 is 0. The first-order valence-electron chi connectivity index (χ1n) is 8.97. The molecule has 4 rings (SSSR count). The summed E-state index contributed by atoms with van der Waals surface area (Å²) in [7, 11) is -3.08. The number of hydrogen-bond acceptors (Lipinski definition) is 4. The van der Waals surface area contributed by atoms with E-state index in [2.05, 4.69) is 9.62 Å². The van der Waals surface area contributed by atoms with Crippen LogP contribution in [0, 0.1) is 0 Å². The predicted octanol–water partition coefficient (Wildman–Crippen LogP) is 1.63. The number of hydrogen-bond donors (Lipinski definition) is 1. The first kappa shape index (κ1) is 15.4. The monoisotopic (exact) mass is 328 g/mol. The molecule has 2 aliphatic heterocycles. The summed E-state index contributed by atoms with van der Waals surface area (Å²) in [6.45, 7) is 2.68. The average Bonchev–Trinajstić information content (AvgIpc) is 3.22. The molecule has 6 heteroatoms. The van der Waals surface area contributed by atoms with Crippen LogP contribution >= 0.6 is 0 Å². The van der Waals surface area contributed by atoms with Crippen LogP contribution in [0.15, 0.2) is 0 Å². The summed E-state index contributed by atoms with van der Waals surface area (Å²) in [5.74, 6) is 0. The molecular formula is C16H28N2O3S. The van der Waals surface area contributed by atoms with E-state index in [0.717, 1.165) is 57.7 Å². The molecule has 4 aliphatic rings. The van der Waals surface area contributed by atoms with E-state index in [1.54, 1.807) is 0 Å². The van der Waals surface area contributed by atoms with Crippen molar-refractivity contribution in [2.45, 2.75) is 80.8 Å². The molecular weight excluding hydrogens is 300 g/mol. The number of ether oxygens (including phenoxy) is 1. The number of nitrogens with one attached hydrogen (secondary N) is 1. The van der Waals surface area contributed by atoms with Crippen molar-refractivity contribution in [1.82, 2.24) is 9.62 Å². The Hall–Kier alpha value is -0.170. The smallest absolute Gasteiger partial charge is 0.214 e. The second-order valence-corrected chi connectivity index (χ2v) is 9.76. The highest BCUT2D eigenvalue weighted by Gasteiger charge is 2.45. The average molecular weight is 328 g/mol. The zero-order valence-electron chi connectivity index (χ0n) is 13.3. The summed E-state index contributed by atoms with van der Waals surface area (Å²) in [6.07, 6.45) is 10.2. The molecule has 0 bridgehead atoms. The van der Waals surface area contributed by atoms with Gasteiger partial charge >= 0.3 is 0 Å². The van der Waals surface area contributed by atoms with Gasteiger partial charge in [0.1, 0.15) is 0 Å². The quantitative estimate of drug-likeness (QED) is 0.833. The number of nitrogens with zero attached hydrogens (tertiary/aromatic N) is 1. The van der Waals surface area contributed by atoms with E-state index >= 15 is 0 Å². The summed E-state index contributed by atoms with van der Waals surface area (Å²) < 4.78 is 33.1. The van der Waals surface area contributed by atoms with Gasteiger partial charge in [0.05, 0.1) is 17.0 Å². The van der Waals surface area contributed by atoms with Crippen LogP contribution in [0.1, 0.15) is 57.8 Å². The van der Waals surface area contributed by atoms with Gasteiger partial charge in [0, 0.05) is 25.7 Å². The third-order valence-electron chi connectivity index (χ3n) is 5.99. The van der Waals surface area contributed by atoms with E-state index in [9.17, 15) is 8.42 Å². The van der Waals surface area contributed by atoms with Gasteiger partial charge in [-0.15, -0.1) is 0 Å². The van der Waals surface area contributed by atoms with Crippen LogP contribution < -0.4 is 4.72 Å². The van der Waals surface area contributed by atoms with Crippen molar-refractivity contribution < 1.29 is 13.2 Å². The fourth-order valence-corrected chi connectivity index (χ4v) is 5.62. The molecule has 126 valence electrons. The van der Waals surface area contributed by atoms with Crippen LogP contribution in [0.3, 0.4) is 0 Å². The van der Waals surface area contributed by atoms with Crippen molar-refractivity contribution in [2.24, 2.45) is 0 Å². The standard InChI is InChI=1S/C16H28N2O3S/c19-22(20,15-6-7-15)17-11-14-5-2-8-16(21-14)9-10-18(12-16)13-3-1-4-13/h13-15,17H,1-12H2/t14-,16-/m0/s1. The molecule has 2 saturated heterocycles. The van der Waals surface area contributed by atoms with Gasteiger partial charge in [-0.05, 0) is 51.4 Å². The summed E-state index contributed by atoms with van der Waals surface area (Å²) in [5, 5.41) is -0.134. The zero-order chi connectivity index (χ0) is 15.2. The van der Waals surface area contributed by atoms with Gasteiger partial charge in [0.2, 0.25) is 10.0 Å². The van der Waals surface area contributed by atoms with Gasteiger partial charge in [-0.3, -0.25) is 4.90 Å². The minimum absolute atomic E-state index is 0.00350. The van der Waals surface area contributed by atoms with Crippen molar-refractivity contribution in [3.8, 4) is 0 Å². The number of likely N-dealkylation sites (tertiary alicyclic amines) is 1. The fraction of sp³-hybridized carbons (Fsp3) is 1.00. The normalized spacial score (nSPS) is 37.5.